The molecule has 3 nitrogen and oxygen atoms in total. The van der Waals surface area contributed by atoms with Gasteiger partial charge in [0.15, 0.2) is 0 Å². The van der Waals surface area contributed by atoms with Gasteiger partial charge in [-0.25, -0.2) is 0 Å². The van der Waals surface area contributed by atoms with Crippen molar-refractivity contribution in [3.05, 3.63) is 0 Å². The lowest BCUT2D eigenvalue weighted by atomic mass is 9.58. The van der Waals surface area contributed by atoms with Gasteiger partial charge in [-0.3, -0.25) is 4.79 Å². The van der Waals surface area contributed by atoms with Crippen molar-refractivity contribution in [2.45, 2.75) is 32.6 Å². The maximum absolute atomic E-state index is 11.7. The highest BCUT2D eigenvalue weighted by Crippen LogP contribution is 2.51. The second kappa shape index (κ2) is 3.89. The molecule has 14 heavy (non-hydrogen) atoms. The molecule has 0 radical (unpaired) electrons. The van der Waals surface area contributed by atoms with Crippen molar-refractivity contribution in [1.82, 2.24) is 5.32 Å². The zero-order valence-electron chi connectivity index (χ0n) is 8.84. The second-order valence-electron chi connectivity index (χ2n) is 4.47. The van der Waals surface area contributed by atoms with Crippen LogP contribution in [0.4, 0.5) is 0 Å². The monoisotopic (exact) mass is 197 g/mol. The molecule has 2 fully saturated rings. The fourth-order valence-corrected chi connectivity index (χ4v) is 2.78. The van der Waals surface area contributed by atoms with Crippen LogP contribution in [0, 0.1) is 11.3 Å². The minimum atomic E-state index is 0.0133. The number of carbonyl (C=O) groups excluding carboxylic acids is 1. The maximum Gasteiger partial charge on any atom is 0.310 e. The number of nitrogens with one attached hydrogen (secondary N) is 1. The summed E-state index contributed by atoms with van der Waals surface area (Å²) in [6.07, 6.45) is 4.88. The molecule has 1 saturated carbocycles. The Hall–Kier alpha value is -0.570. The summed E-state index contributed by atoms with van der Waals surface area (Å²) in [6.45, 7) is 4.27. The van der Waals surface area contributed by atoms with Gasteiger partial charge < -0.3 is 10.1 Å². The molecule has 1 spiro atoms. The standard InChI is InChI=1S/C11H19NO2/c1-2-14-10(13)9-8-12-7-6-11(9)4-3-5-11/h9,12H,2-8H2,1H3. The van der Waals surface area contributed by atoms with Crippen LogP contribution in [0.1, 0.15) is 32.6 Å². The smallest absolute Gasteiger partial charge is 0.310 e. The molecule has 2 aliphatic rings. The van der Waals surface area contributed by atoms with E-state index >= 15 is 0 Å². The normalized spacial score (nSPS) is 29.6. The topological polar surface area (TPSA) is 38.3 Å². The van der Waals surface area contributed by atoms with Gasteiger partial charge in [-0.2, -0.15) is 0 Å². The summed E-state index contributed by atoms with van der Waals surface area (Å²) in [4.78, 5) is 11.7. The average Bonchev–Trinajstić information content (AvgIpc) is 2.16. The number of rotatable bonds is 2. The van der Waals surface area contributed by atoms with E-state index in [2.05, 4.69) is 5.32 Å². The van der Waals surface area contributed by atoms with Crippen LogP contribution in [0.25, 0.3) is 0 Å². The number of hydrogen-bond acceptors (Lipinski definition) is 3. The Bertz CT molecular complexity index is 223. The number of esters is 1. The summed E-state index contributed by atoms with van der Waals surface area (Å²) in [5, 5.41) is 3.30. The number of ether oxygens (including phenoxy) is 1. The quantitative estimate of drug-likeness (QED) is 0.679. The van der Waals surface area contributed by atoms with Crippen molar-refractivity contribution < 1.29 is 9.53 Å². The van der Waals surface area contributed by atoms with Gasteiger partial charge in [0, 0.05) is 6.54 Å². The summed E-state index contributed by atoms with van der Waals surface area (Å²) >= 11 is 0. The first-order valence-corrected chi connectivity index (χ1v) is 5.66. The third-order valence-corrected chi connectivity index (χ3v) is 3.81. The van der Waals surface area contributed by atoms with Crippen molar-refractivity contribution in [1.29, 1.82) is 0 Å². The van der Waals surface area contributed by atoms with Crippen LogP contribution in [0.2, 0.25) is 0 Å². The van der Waals surface area contributed by atoms with Gasteiger partial charge in [0.1, 0.15) is 0 Å². The summed E-state index contributed by atoms with van der Waals surface area (Å²) in [6, 6.07) is 0. The van der Waals surface area contributed by atoms with Crippen molar-refractivity contribution >= 4 is 5.97 Å². The van der Waals surface area contributed by atoms with E-state index in [4.69, 9.17) is 4.74 Å². The highest BCUT2D eigenvalue weighted by molar-refractivity contribution is 5.74. The molecular formula is C11H19NO2. The van der Waals surface area contributed by atoms with Crippen molar-refractivity contribution in [3.8, 4) is 0 Å². The molecule has 1 unspecified atom stereocenters. The van der Waals surface area contributed by atoms with Gasteiger partial charge in [-0.05, 0) is 38.1 Å². The fourth-order valence-electron chi connectivity index (χ4n) is 2.78. The molecule has 1 heterocycles. The Morgan fingerprint density at radius 3 is 2.86 bits per heavy atom. The van der Waals surface area contributed by atoms with E-state index in [1.807, 2.05) is 6.92 Å². The van der Waals surface area contributed by atoms with E-state index < -0.39 is 0 Å². The zero-order valence-corrected chi connectivity index (χ0v) is 8.84. The van der Waals surface area contributed by atoms with Crippen LogP contribution in [-0.2, 0) is 9.53 Å². The van der Waals surface area contributed by atoms with Gasteiger partial charge in [-0.1, -0.05) is 6.42 Å². The molecule has 1 N–H and O–H groups in total. The lowest BCUT2D eigenvalue weighted by Crippen LogP contribution is -2.52. The van der Waals surface area contributed by atoms with Crippen molar-refractivity contribution in [2.24, 2.45) is 11.3 Å². The van der Waals surface area contributed by atoms with E-state index in [0.717, 1.165) is 19.5 Å². The third kappa shape index (κ3) is 1.54. The van der Waals surface area contributed by atoms with E-state index in [9.17, 15) is 4.79 Å². The van der Waals surface area contributed by atoms with E-state index in [-0.39, 0.29) is 11.9 Å². The third-order valence-electron chi connectivity index (χ3n) is 3.81. The molecule has 2 rings (SSSR count). The Morgan fingerprint density at radius 2 is 2.29 bits per heavy atom. The van der Waals surface area contributed by atoms with Crippen LogP contribution in [-0.4, -0.2) is 25.7 Å². The second-order valence-corrected chi connectivity index (χ2v) is 4.47. The molecule has 0 bridgehead atoms. The lowest BCUT2D eigenvalue weighted by molar-refractivity contribution is -0.158. The number of carbonyl (C=O) groups is 1. The Kier molecular flexibility index (Phi) is 2.77. The lowest BCUT2D eigenvalue weighted by Gasteiger charge is -2.49. The molecule has 80 valence electrons. The molecule has 1 aliphatic carbocycles. The molecule has 0 aromatic rings. The molecule has 3 heteroatoms. The first-order chi connectivity index (χ1) is 6.78. The maximum atomic E-state index is 11.7. The van der Waals surface area contributed by atoms with Crippen LogP contribution >= 0.6 is 0 Å². The first kappa shape index (κ1) is 9.97. The van der Waals surface area contributed by atoms with Crippen LogP contribution in [0.5, 0.6) is 0 Å². The molecule has 1 saturated heterocycles. The summed E-state index contributed by atoms with van der Waals surface area (Å²) in [5.41, 5.74) is 0.303. The van der Waals surface area contributed by atoms with Gasteiger partial charge in [0.05, 0.1) is 12.5 Å². The molecular weight excluding hydrogens is 178 g/mol. The molecule has 0 aromatic carbocycles. The predicted molar refractivity (Wildman–Crippen MR) is 53.9 cm³/mol. The summed E-state index contributed by atoms with van der Waals surface area (Å²) in [5.74, 6) is 0.129. The van der Waals surface area contributed by atoms with Crippen LogP contribution in [0.3, 0.4) is 0 Å². The SMILES string of the molecule is CCOC(=O)C1CNCCC12CCC2. The molecule has 1 atom stereocenters. The molecule has 1 aliphatic heterocycles. The highest BCUT2D eigenvalue weighted by Gasteiger charge is 2.49. The van der Waals surface area contributed by atoms with E-state index in [1.54, 1.807) is 0 Å². The number of hydrogen-bond donors (Lipinski definition) is 1. The predicted octanol–water partition coefficient (Wildman–Crippen LogP) is 1.33. The van der Waals surface area contributed by atoms with Crippen molar-refractivity contribution in [2.75, 3.05) is 19.7 Å². The van der Waals surface area contributed by atoms with Crippen LogP contribution < -0.4 is 5.32 Å². The Balaban J connectivity index is 2.03. The largest absolute Gasteiger partial charge is 0.466 e. The van der Waals surface area contributed by atoms with Gasteiger partial charge in [0.25, 0.3) is 0 Å². The minimum Gasteiger partial charge on any atom is -0.466 e. The number of piperidine rings is 1. The average molecular weight is 197 g/mol. The summed E-state index contributed by atoms with van der Waals surface area (Å²) < 4.78 is 5.13. The van der Waals surface area contributed by atoms with E-state index in [1.165, 1.54) is 19.3 Å². The Labute approximate surface area is 85.2 Å². The fraction of sp³-hybridized carbons (Fsp3) is 0.909. The first-order valence-electron chi connectivity index (χ1n) is 5.66. The van der Waals surface area contributed by atoms with Gasteiger partial charge in [-0.15, -0.1) is 0 Å². The van der Waals surface area contributed by atoms with E-state index in [0.29, 0.717) is 12.0 Å². The summed E-state index contributed by atoms with van der Waals surface area (Å²) in [7, 11) is 0. The van der Waals surface area contributed by atoms with Crippen molar-refractivity contribution in [3.63, 3.8) is 0 Å². The highest BCUT2D eigenvalue weighted by atomic mass is 16.5. The van der Waals surface area contributed by atoms with Gasteiger partial charge in [0.2, 0.25) is 0 Å². The van der Waals surface area contributed by atoms with Gasteiger partial charge >= 0.3 is 5.97 Å². The minimum absolute atomic E-state index is 0.0133. The van der Waals surface area contributed by atoms with Crippen LogP contribution in [0.15, 0.2) is 0 Å². The molecule has 0 amide bonds. The Morgan fingerprint density at radius 1 is 1.50 bits per heavy atom. The molecule has 0 aromatic heterocycles. The zero-order chi connectivity index (χ0) is 10.0.